The lowest BCUT2D eigenvalue weighted by atomic mass is 9.64. The molecule has 1 aliphatic carbocycles. The van der Waals surface area contributed by atoms with E-state index in [-0.39, 0.29) is 34.2 Å². The van der Waals surface area contributed by atoms with Crippen molar-refractivity contribution in [2.75, 3.05) is 11.9 Å². The van der Waals surface area contributed by atoms with Crippen LogP contribution in [0.5, 0.6) is 0 Å². The lowest BCUT2D eigenvalue weighted by Gasteiger charge is -2.52. The number of nitrogens with zero attached hydrogens (tertiary/aromatic N) is 2. The lowest BCUT2D eigenvalue weighted by molar-refractivity contribution is -0.0976. The Morgan fingerprint density at radius 1 is 1.57 bits per heavy atom. The third-order valence-electron chi connectivity index (χ3n) is 4.31. The third-order valence-corrected chi connectivity index (χ3v) is 4.67. The van der Waals surface area contributed by atoms with Crippen molar-refractivity contribution in [2.45, 2.75) is 59.2 Å². The highest BCUT2D eigenvalue weighted by Gasteiger charge is 2.49. The van der Waals surface area contributed by atoms with Crippen LogP contribution in [0.15, 0.2) is 11.0 Å². The maximum atomic E-state index is 12.2. The summed E-state index contributed by atoms with van der Waals surface area (Å²) < 4.78 is 7.10. The first kappa shape index (κ1) is 16.3. The molecule has 0 saturated heterocycles. The van der Waals surface area contributed by atoms with Gasteiger partial charge in [-0.1, -0.05) is 25.4 Å². The first-order valence-electron chi connectivity index (χ1n) is 7.44. The maximum absolute atomic E-state index is 12.2. The molecule has 2 rings (SSSR count). The number of halogens is 1. The van der Waals surface area contributed by atoms with Crippen LogP contribution in [0.3, 0.4) is 0 Å². The van der Waals surface area contributed by atoms with E-state index in [0.29, 0.717) is 12.3 Å². The van der Waals surface area contributed by atoms with Crippen molar-refractivity contribution in [3.05, 3.63) is 21.6 Å². The van der Waals surface area contributed by atoms with Crippen molar-refractivity contribution >= 4 is 17.3 Å². The molecule has 0 radical (unpaired) electrons. The van der Waals surface area contributed by atoms with Crippen LogP contribution in [0.4, 0.5) is 5.69 Å². The first-order chi connectivity index (χ1) is 9.78. The van der Waals surface area contributed by atoms with Gasteiger partial charge in [-0.05, 0) is 27.2 Å². The molecule has 1 fully saturated rings. The Morgan fingerprint density at radius 2 is 2.24 bits per heavy atom. The zero-order valence-corrected chi connectivity index (χ0v) is 14.1. The molecule has 2 atom stereocenters. The first-order valence-corrected chi connectivity index (χ1v) is 7.82. The molecule has 0 aromatic carbocycles. The Kier molecular flexibility index (Phi) is 4.63. The highest BCUT2D eigenvalue weighted by atomic mass is 35.5. The van der Waals surface area contributed by atoms with Gasteiger partial charge in [-0.25, -0.2) is 4.68 Å². The van der Waals surface area contributed by atoms with E-state index in [1.807, 2.05) is 20.8 Å². The zero-order chi connectivity index (χ0) is 15.8. The summed E-state index contributed by atoms with van der Waals surface area (Å²) >= 11 is 6.19. The summed E-state index contributed by atoms with van der Waals surface area (Å²) in [5.41, 5.74) is 0.355. The number of nitrogens with one attached hydrogen (secondary N) is 1. The molecule has 2 unspecified atom stereocenters. The molecule has 1 aliphatic rings. The SMILES string of the molecule is CCOC1CC(Nc2cnn(C(C)C)c(=O)c2Cl)C1(C)C. The van der Waals surface area contributed by atoms with Crippen molar-refractivity contribution in [3.63, 3.8) is 0 Å². The topological polar surface area (TPSA) is 56.1 Å². The van der Waals surface area contributed by atoms with Gasteiger partial charge in [-0.15, -0.1) is 0 Å². The molecule has 118 valence electrons. The summed E-state index contributed by atoms with van der Waals surface area (Å²) in [5.74, 6) is 0. The van der Waals surface area contributed by atoms with Crippen LogP contribution in [0.25, 0.3) is 0 Å². The monoisotopic (exact) mass is 313 g/mol. The minimum atomic E-state index is -0.254. The maximum Gasteiger partial charge on any atom is 0.287 e. The number of anilines is 1. The summed E-state index contributed by atoms with van der Waals surface area (Å²) in [6.45, 7) is 10.8. The minimum absolute atomic E-state index is 0.00620. The normalized spacial score (nSPS) is 24.0. The average molecular weight is 314 g/mol. The van der Waals surface area contributed by atoms with Gasteiger partial charge in [0.1, 0.15) is 5.02 Å². The predicted octanol–water partition coefficient (Wildman–Crippen LogP) is 3.09. The highest BCUT2D eigenvalue weighted by Crippen LogP contribution is 2.44. The van der Waals surface area contributed by atoms with Crippen molar-refractivity contribution < 1.29 is 4.74 Å². The van der Waals surface area contributed by atoms with E-state index in [1.54, 1.807) is 6.20 Å². The van der Waals surface area contributed by atoms with E-state index in [4.69, 9.17) is 16.3 Å². The van der Waals surface area contributed by atoms with Crippen molar-refractivity contribution in [1.29, 1.82) is 0 Å². The standard InChI is InChI=1S/C15H24ClN3O2/c1-6-21-12-7-11(15(12,4)5)18-10-8-17-19(9(2)3)14(20)13(10)16/h8-9,11-12,18H,6-7H2,1-5H3. The quantitative estimate of drug-likeness (QED) is 0.907. The molecule has 1 aromatic rings. The Bertz CT molecular complexity index is 569. The number of rotatable bonds is 5. The summed E-state index contributed by atoms with van der Waals surface area (Å²) in [6.07, 6.45) is 2.78. The second kappa shape index (κ2) is 5.97. The van der Waals surface area contributed by atoms with Crippen molar-refractivity contribution in [1.82, 2.24) is 9.78 Å². The van der Waals surface area contributed by atoms with Gasteiger partial charge in [0, 0.05) is 18.1 Å². The Morgan fingerprint density at radius 3 is 2.76 bits per heavy atom. The van der Waals surface area contributed by atoms with E-state index in [2.05, 4.69) is 24.3 Å². The molecule has 1 aromatic heterocycles. The van der Waals surface area contributed by atoms with Gasteiger partial charge < -0.3 is 10.1 Å². The largest absolute Gasteiger partial charge is 0.379 e. The second-order valence-electron chi connectivity index (χ2n) is 6.41. The highest BCUT2D eigenvalue weighted by molar-refractivity contribution is 6.32. The van der Waals surface area contributed by atoms with Crippen molar-refractivity contribution in [3.8, 4) is 0 Å². The van der Waals surface area contributed by atoms with E-state index in [9.17, 15) is 4.79 Å². The molecule has 1 N–H and O–H groups in total. The van der Waals surface area contributed by atoms with Crippen LogP contribution < -0.4 is 10.9 Å². The average Bonchev–Trinajstić information content (AvgIpc) is 2.42. The van der Waals surface area contributed by atoms with Gasteiger partial charge in [0.25, 0.3) is 5.56 Å². The van der Waals surface area contributed by atoms with Gasteiger partial charge in [0.2, 0.25) is 0 Å². The van der Waals surface area contributed by atoms with E-state index >= 15 is 0 Å². The summed E-state index contributed by atoms with van der Waals surface area (Å²) in [4.78, 5) is 12.2. The predicted molar refractivity (Wildman–Crippen MR) is 85.1 cm³/mol. The molecule has 0 bridgehead atoms. The third kappa shape index (κ3) is 2.94. The van der Waals surface area contributed by atoms with E-state index < -0.39 is 0 Å². The summed E-state index contributed by atoms with van der Waals surface area (Å²) in [5, 5.41) is 7.73. The summed E-state index contributed by atoms with van der Waals surface area (Å²) in [6, 6.07) is 0.217. The van der Waals surface area contributed by atoms with Crippen LogP contribution in [0, 0.1) is 5.41 Å². The number of aromatic nitrogens is 2. The van der Waals surface area contributed by atoms with Gasteiger partial charge in [-0.2, -0.15) is 5.10 Å². The van der Waals surface area contributed by atoms with E-state index in [1.165, 1.54) is 4.68 Å². The molecule has 5 nitrogen and oxygen atoms in total. The lowest BCUT2D eigenvalue weighted by Crippen LogP contribution is -2.58. The van der Waals surface area contributed by atoms with E-state index in [0.717, 1.165) is 6.42 Å². The van der Waals surface area contributed by atoms with Gasteiger partial charge in [0.05, 0.1) is 24.0 Å². The fraction of sp³-hybridized carbons (Fsp3) is 0.733. The molecular weight excluding hydrogens is 290 g/mol. The Balaban J connectivity index is 2.15. The molecule has 21 heavy (non-hydrogen) atoms. The fourth-order valence-corrected chi connectivity index (χ4v) is 2.91. The summed E-state index contributed by atoms with van der Waals surface area (Å²) in [7, 11) is 0. The van der Waals surface area contributed by atoms with Crippen LogP contribution in [0.1, 0.15) is 47.1 Å². The Labute approximate surface area is 130 Å². The fourth-order valence-electron chi connectivity index (χ4n) is 2.72. The smallest absolute Gasteiger partial charge is 0.287 e. The minimum Gasteiger partial charge on any atom is -0.379 e. The van der Waals surface area contributed by atoms with Crippen LogP contribution in [-0.2, 0) is 4.74 Å². The van der Waals surface area contributed by atoms with Crippen molar-refractivity contribution in [2.24, 2.45) is 5.41 Å². The number of hydrogen-bond acceptors (Lipinski definition) is 4. The number of hydrogen-bond donors (Lipinski definition) is 1. The van der Waals surface area contributed by atoms with Crippen LogP contribution in [-0.4, -0.2) is 28.5 Å². The number of ether oxygens (including phenoxy) is 1. The molecule has 1 heterocycles. The molecule has 6 heteroatoms. The van der Waals surface area contributed by atoms with Crippen LogP contribution >= 0.6 is 11.6 Å². The molecule has 0 aliphatic heterocycles. The van der Waals surface area contributed by atoms with Gasteiger partial charge in [0.15, 0.2) is 0 Å². The zero-order valence-electron chi connectivity index (χ0n) is 13.3. The second-order valence-corrected chi connectivity index (χ2v) is 6.79. The molecule has 0 spiro atoms. The molecule has 0 amide bonds. The molecular formula is C15H24ClN3O2. The van der Waals surface area contributed by atoms with Gasteiger partial charge >= 0.3 is 0 Å². The van der Waals surface area contributed by atoms with Crippen LogP contribution in [0.2, 0.25) is 5.02 Å². The van der Waals surface area contributed by atoms with Gasteiger partial charge in [-0.3, -0.25) is 4.79 Å². The Hall–Kier alpha value is -1.07. The molecule has 1 saturated carbocycles.